The molecule has 8 heteroatoms. The number of imidazole rings is 1. The van der Waals surface area contributed by atoms with E-state index in [0.717, 1.165) is 4.57 Å². The van der Waals surface area contributed by atoms with E-state index >= 15 is 0 Å². The zero-order valence-corrected chi connectivity index (χ0v) is 10.6. The third kappa shape index (κ3) is 1.70. The van der Waals surface area contributed by atoms with Gasteiger partial charge in [0.1, 0.15) is 0 Å². The SMILES string of the molecule is CN(CCN)c1nc2c([nH]1)c(=O)n(C)c(=O)n2C. The van der Waals surface area contributed by atoms with Gasteiger partial charge >= 0.3 is 5.69 Å². The highest BCUT2D eigenvalue weighted by Gasteiger charge is 2.14. The number of aryl methyl sites for hydroxylation is 1. The molecule has 0 atom stereocenters. The van der Waals surface area contributed by atoms with Crippen molar-refractivity contribution in [1.29, 1.82) is 0 Å². The van der Waals surface area contributed by atoms with Gasteiger partial charge in [0.2, 0.25) is 5.95 Å². The number of hydrogen-bond acceptors (Lipinski definition) is 5. The fourth-order valence-corrected chi connectivity index (χ4v) is 1.79. The largest absolute Gasteiger partial charge is 0.344 e. The Morgan fingerprint density at radius 2 is 2.00 bits per heavy atom. The Bertz CT molecular complexity index is 695. The minimum atomic E-state index is -0.396. The van der Waals surface area contributed by atoms with Crippen LogP contribution in [0.5, 0.6) is 0 Å². The summed E-state index contributed by atoms with van der Waals surface area (Å²) in [6.45, 7) is 1.08. The van der Waals surface area contributed by atoms with Crippen molar-refractivity contribution in [3.05, 3.63) is 20.8 Å². The van der Waals surface area contributed by atoms with Gasteiger partial charge in [0.05, 0.1) is 0 Å². The zero-order valence-electron chi connectivity index (χ0n) is 10.6. The van der Waals surface area contributed by atoms with Crippen molar-refractivity contribution in [3.63, 3.8) is 0 Å². The third-order valence-corrected chi connectivity index (χ3v) is 2.91. The van der Waals surface area contributed by atoms with Crippen LogP contribution in [0, 0.1) is 0 Å². The molecule has 0 spiro atoms. The van der Waals surface area contributed by atoms with Crippen molar-refractivity contribution >= 4 is 17.1 Å². The monoisotopic (exact) mass is 252 g/mol. The number of hydrogen-bond donors (Lipinski definition) is 2. The molecule has 0 aliphatic carbocycles. The highest BCUT2D eigenvalue weighted by molar-refractivity contribution is 5.72. The second-order valence-electron chi connectivity index (χ2n) is 4.18. The molecular weight excluding hydrogens is 236 g/mol. The molecule has 0 amide bonds. The maximum Gasteiger partial charge on any atom is 0.332 e. The first kappa shape index (κ1) is 12.4. The van der Waals surface area contributed by atoms with Gasteiger partial charge in [0.25, 0.3) is 5.56 Å². The van der Waals surface area contributed by atoms with Crippen LogP contribution >= 0.6 is 0 Å². The molecule has 2 aromatic heterocycles. The Labute approximate surface area is 103 Å². The van der Waals surface area contributed by atoms with Gasteiger partial charge in [-0.05, 0) is 0 Å². The van der Waals surface area contributed by atoms with Crippen LogP contribution in [-0.2, 0) is 14.1 Å². The smallest absolute Gasteiger partial charge is 0.332 e. The van der Waals surface area contributed by atoms with Crippen molar-refractivity contribution in [2.45, 2.75) is 0 Å². The van der Waals surface area contributed by atoms with Crippen molar-refractivity contribution in [2.75, 3.05) is 25.0 Å². The number of nitrogens with two attached hydrogens (primary N) is 1. The number of nitrogens with one attached hydrogen (secondary N) is 1. The van der Waals surface area contributed by atoms with E-state index in [0.29, 0.717) is 30.2 Å². The standard InChI is InChI=1S/C10H16N6O2/c1-14(5-4-11)9-12-6-7(13-9)15(2)10(18)16(3)8(6)17/h4-5,11H2,1-3H3,(H,12,13). The van der Waals surface area contributed by atoms with E-state index < -0.39 is 5.69 Å². The second kappa shape index (κ2) is 4.30. The number of anilines is 1. The number of fused-ring (bicyclic) bond motifs is 1. The summed E-state index contributed by atoms with van der Waals surface area (Å²) in [6, 6.07) is 0. The van der Waals surface area contributed by atoms with Gasteiger partial charge in [-0.3, -0.25) is 13.9 Å². The van der Waals surface area contributed by atoms with Gasteiger partial charge in [-0.1, -0.05) is 0 Å². The summed E-state index contributed by atoms with van der Waals surface area (Å²) in [4.78, 5) is 32.7. The number of nitrogens with zero attached hydrogens (tertiary/aromatic N) is 4. The average molecular weight is 252 g/mol. The van der Waals surface area contributed by atoms with Crippen molar-refractivity contribution < 1.29 is 0 Å². The van der Waals surface area contributed by atoms with E-state index in [2.05, 4.69) is 9.97 Å². The van der Waals surface area contributed by atoms with Crippen molar-refractivity contribution in [3.8, 4) is 0 Å². The van der Waals surface area contributed by atoms with Crippen molar-refractivity contribution in [2.24, 2.45) is 19.8 Å². The van der Waals surface area contributed by atoms with E-state index in [1.54, 1.807) is 11.9 Å². The molecule has 0 bridgehead atoms. The summed E-state index contributed by atoms with van der Waals surface area (Å²) in [5, 5.41) is 0. The number of aromatic nitrogens is 4. The zero-order chi connectivity index (χ0) is 13.4. The summed E-state index contributed by atoms with van der Waals surface area (Å²) < 4.78 is 2.39. The Kier molecular flexibility index (Phi) is 2.95. The lowest BCUT2D eigenvalue weighted by atomic mass is 10.5. The fraction of sp³-hybridized carbons (Fsp3) is 0.500. The molecule has 0 saturated heterocycles. The molecule has 18 heavy (non-hydrogen) atoms. The first-order chi connectivity index (χ1) is 8.47. The van der Waals surface area contributed by atoms with Gasteiger partial charge in [0.15, 0.2) is 11.2 Å². The quantitative estimate of drug-likeness (QED) is 0.682. The molecular formula is C10H16N6O2. The number of rotatable bonds is 3. The van der Waals surface area contributed by atoms with Crippen LogP contribution in [0.25, 0.3) is 11.2 Å². The molecule has 0 unspecified atom stereocenters. The molecule has 0 radical (unpaired) electrons. The second-order valence-corrected chi connectivity index (χ2v) is 4.18. The molecule has 3 N–H and O–H groups in total. The van der Waals surface area contributed by atoms with Crippen LogP contribution in [-0.4, -0.2) is 39.2 Å². The molecule has 0 saturated carbocycles. The summed E-state index contributed by atoms with van der Waals surface area (Å²) in [6.07, 6.45) is 0. The van der Waals surface area contributed by atoms with Gasteiger partial charge in [-0.25, -0.2) is 4.79 Å². The van der Waals surface area contributed by atoms with Gasteiger partial charge in [-0.15, -0.1) is 0 Å². The van der Waals surface area contributed by atoms with E-state index in [1.165, 1.54) is 11.6 Å². The van der Waals surface area contributed by atoms with Crippen LogP contribution in [0.3, 0.4) is 0 Å². The predicted molar refractivity (Wildman–Crippen MR) is 68.9 cm³/mol. The summed E-state index contributed by atoms with van der Waals surface area (Å²) in [5.41, 5.74) is 5.35. The lowest BCUT2D eigenvalue weighted by Crippen LogP contribution is -2.36. The van der Waals surface area contributed by atoms with Crippen LogP contribution < -0.4 is 21.9 Å². The lowest BCUT2D eigenvalue weighted by molar-refractivity contribution is 0.708. The highest BCUT2D eigenvalue weighted by Crippen LogP contribution is 2.11. The maximum absolute atomic E-state index is 11.9. The minimum Gasteiger partial charge on any atom is -0.344 e. The summed E-state index contributed by atoms with van der Waals surface area (Å²) in [5.74, 6) is 0.522. The Morgan fingerprint density at radius 1 is 1.33 bits per heavy atom. The molecule has 2 aromatic rings. The molecule has 2 heterocycles. The van der Waals surface area contributed by atoms with Crippen LogP contribution in [0.15, 0.2) is 9.59 Å². The van der Waals surface area contributed by atoms with E-state index in [4.69, 9.17) is 5.73 Å². The summed E-state index contributed by atoms with van der Waals surface area (Å²) in [7, 11) is 4.83. The first-order valence-electron chi connectivity index (χ1n) is 5.54. The van der Waals surface area contributed by atoms with Crippen molar-refractivity contribution in [1.82, 2.24) is 19.1 Å². The average Bonchev–Trinajstić information content (AvgIpc) is 2.79. The predicted octanol–water partition coefficient (Wildman–Crippen LogP) is -1.64. The number of aromatic amines is 1. The molecule has 0 aliphatic rings. The molecule has 8 nitrogen and oxygen atoms in total. The van der Waals surface area contributed by atoms with Crippen LogP contribution in [0.2, 0.25) is 0 Å². The molecule has 98 valence electrons. The number of likely N-dealkylation sites (N-methyl/N-ethyl adjacent to an activating group) is 1. The third-order valence-electron chi connectivity index (χ3n) is 2.91. The first-order valence-corrected chi connectivity index (χ1v) is 5.54. The fourth-order valence-electron chi connectivity index (χ4n) is 1.79. The Morgan fingerprint density at radius 3 is 2.61 bits per heavy atom. The minimum absolute atomic E-state index is 0.318. The molecule has 0 fully saturated rings. The number of H-pyrrole nitrogens is 1. The normalized spacial score (nSPS) is 11.1. The lowest BCUT2D eigenvalue weighted by Gasteiger charge is -2.13. The molecule has 2 rings (SSSR count). The van der Waals surface area contributed by atoms with Crippen LogP contribution in [0.4, 0.5) is 5.95 Å². The van der Waals surface area contributed by atoms with E-state index in [-0.39, 0.29) is 5.56 Å². The summed E-state index contributed by atoms with van der Waals surface area (Å²) >= 11 is 0. The topological polar surface area (TPSA) is 102 Å². The maximum atomic E-state index is 11.9. The van der Waals surface area contributed by atoms with Gasteiger partial charge in [-0.2, -0.15) is 4.98 Å². The molecule has 0 aliphatic heterocycles. The highest BCUT2D eigenvalue weighted by atomic mass is 16.2. The van der Waals surface area contributed by atoms with Gasteiger partial charge < -0.3 is 15.6 Å². The Balaban J connectivity index is 2.72. The molecule has 0 aromatic carbocycles. The van der Waals surface area contributed by atoms with Crippen LogP contribution in [0.1, 0.15) is 0 Å². The van der Waals surface area contributed by atoms with E-state index in [1.807, 2.05) is 7.05 Å². The van der Waals surface area contributed by atoms with E-state index in [9.17, 15) is 9.59 Å². The Hall–Kier alpha value is -2.09. The van der Waals surface area contributed by atoms with Gasteiger partial charge in [0, 0.05) is 34.2 Å².